The second-order valence-corrected chi connectivity index (χ2v) is 7.48. The van der Waals surface area contributed by atoms with E-state index in [0.717, 1.165) is 14.6 Å². The number of hydrogen-bond acceptors (Lipinski definition) is 1. The second-order valence-electron chi connectivity index (χ2n) is 4.52. The van der Waals surface area contributed by atoms with Crippen LogP contribution in [0.3, 0.4) is 0 Å². The van der Waals surface area contributed by atoms with E-state index in [1.54, 1.807) is 0 Å². The van der Waals surface area contributed by atoms with Crippen LogP contribution in [0.25, 0.3) is 0 Å². The molecule has 1 nitrogen and oxygen atoms in total. The smallest absolute Gasteiger partial charge is 0.0633 e. The maximum Gasteiger partial charge on any atom is 0.0633 e. The Kier molecular flexibility index (Phi) is 5.31. The SMILES string of the molecule is Cc1cc(Br)c(NC(C)c2ccc(I)cc2)c(Br)c1. The quantitative estimate of drug-likeness (QED) is 0.494. The van der Waals surface area contributed by atoms with Gasteiger partial charge >= 0.3 is 0 Å². The first kappa shape index (κ1) is 15.3. The Bertz CT molecular complexity index is 558. The number of benzene rings is 2. The molecule has 1 N–H and O–H groups in total. The average Bonchev–Trinajstić information content (AvgIpc) is 2.34. The third-order valence-corrected chi connectivity index (χ3v) is 4.89. The topological polar surface area (TPSA) is 12.0 Å². The predicted molar refractivity (Wildman–Crippen MR) is 97.8 cm³/mol. The van der Waals surface area contributed by atoms with Gasteiger partial charge in [-0.15, -0.1) is 0 Å². The van der Waals surface area contributed by atoms with Crippen molar-refractivity contribution in [3.63, 3.8) is 0 Å². The summed E-state index contributed by atoms with van der Waals surface area (Å²) in [4.78, 5) is 0. The maximum atomic E-state index is 3.62. The Balaban J connectivity index is 2.24. The van der Waals surface area contributed by atoms with Crippen LogP contribution in [0.2, 0.25) is 0 Å². The van der Waals surface area contributed by atoms with Gasteiger partial charge in [-0.2, -0.15) is 0 Å². The summed E-state index contributed by atoms with van der Waals surface area (Å²) < 4.78 is 3.42. The van der Waals surface area contributed by atoms with Gasteiger partial charge in [-0.25, -0.2) is 0 Å². The monoisotopic (exact) mass is 493 g/mol. The fourth-order valence-electron chi connectivity index (χ4n) is 1.89. The Morgan fingerprint density at radius 1 is 1.05 bits per heavy atom. The van der Waals surface area contributed by atoms with Gasteiger partial charge in [-0.1, -0.05) is 12.1 Å². The van der Waals surface area contributed by atoms with E-state index in [9.17, 15) is 0 Å². The molecule has 0 aliphatic rings. The van der Waals surface area contributed by atoms with Crippen molar-refractivity contribution in [1.82, 2.24) is 0 Å². The highest BCUT2D eigenvalue weighted by Crippen LogP contribution is 2.34. The van der Waals surface area contributed by atoms with Gasteiger partial charge in [0.15, 0.2) is 0 Å². The van der Waals surface area contributed by atoms with Crippen molar-refractivity contribution in [1.29, 1.82) is 0 Å². The minimum Gasteiger partial charge on any atom is -0.377 e. The van der Waals surface area contributed by atoms with E-state index in [1.165, 1.54) is 14.7 Å². The number of rotatable bonds is 3. The molecule has 19 heavy (non-hydrogen) atoms. The fraction of sp³-hybridized carbons (Fsp3) is 0.200. The molecular weight excluding hydrogens is 481 g/mol. The van der Waals surface area contributed by atoms with Crippen molar-refractivity contribution < 1.29 is 0 Å². The normalized spacial score (nSPS) is 12.3. The Morgan fingerprint density at radius 3 is 2.11 bits per heavy atom. The molecule has 2 rings (SSSR count). The van der Waals surface area contributed by atoms with E-state index in [-0.39, 0.29) is 6.04 Å². The van der Waals surface area contributed by atoms with E-state index in [2.05, 4.69) is 110 Å². The Labute approximate surface area is 144 Å². The highest BCUT2D eigenvalue weighted by molar-refractivity contribution is 14.1. The molecule has 0 spiro atoms. The van der Waals surface area contributed by atoms with Gasteiger partial charge in [0, 0.05) is 18.6 Å². The molecule has 0 radical (unpaired) electrons. The molecule has 4 heteroatoms. The van der Waals surface area contributed by atoms with Gasteiger partial charge in [-0.05, 0) is 104 Å². The van der Waals surface area contributed by atoms with Crippen LogP contribution >= 0.6 is 54.5 Å². The molecule has 1 atom stereocenters. The molecule has 0 saturated heterocycles. The zero-order valence-corrected chi connectivity index (χ0v) is 16.0. The fourth-order valence-corrected chi connectivity index (χ4v) is 3.89. The average molecular weight is 495 g/mol. The molecule has 2 aromatic carbocycles. The molecule has 0 aromatic heterocycles. The summed E-state index contributed by atoms with van der Waals surface area (Å²) in [5.74, 6) is 0. The Hall–Kier alpha value is -0.0700. The molecule has 0 aliphatic carbocycles. The third-order valence-electron chi connectivity index (χ3n) is 2.92. The summed E-state index contributed by atoms with van der Waals surface area (Å²) in [6, 6.07) is 13.1. The standard InChI is InChI=1S/C15H14Br2IN/c1-9-7-13(16)15(14(17)8-9)19-10(2)11-3-5-12(18)6-4-11/h3-8,10,19H,1-2H3. The minimum atomic E-state index is 0.257. The maximum absolute atomic E-state index is 3.62. The molecule has 0 saturated carbocycles. The number of anilines is 1. The van der Waals surface area contributed by atoms with Gasteiger partial charge in [0.05, 0.1) is 5.69 Å². The summed E-state index contributed by atoms with van der Waals surface area (Å²) in [5.41, 5.74) is 3.60. The number of aryl methyl sites for hydroxylation is 1. The third kappa shape index (κ3) is 3.95. The van der Waals surface area contributed by atoms with Gasteiger partial charge < -0.3 is 5.32 Å². The van der Waals surface area contributed by atoms with Crippen LogP contribution in [0.1, 0.15) is 24.1 Å². The molecule has 0 heterocycles. The first-order chi connectivity index (χ1) is 8.97. The van der Waals surface area contributed by atoms with Crippen LogP contribution in [0.5, 0.6) is 0 Å². The lowest BCUT2D eigenvalue weighted by atomic mass is 10.1. The van der Waals surface area contributed by atoms with E-state index in [4.69, 9.17) is 0 Å². The number of hydrogen-bond donors (Lipinski definition) is 1. The lowest BCUT2D eigenvalue weighted by Gasteiger charge is -2.18. The van der Waals surface area contributed by atoms with Crippen molar-refractivity contribution in [3.8, 4) is 0 Å². The molecule has 0 amide bonds. The first-order valence-corrected chi connectivity index (χ1v) is 8.61. The van der Waals surface area contributed by atoms with Crippen molar-refractivity contribution in [2.75, 3.05) is 5.32 Å². The van der Waals surface area contributed by atoms with Gasteiger partial charge in [0.25, 0.3) is 0 Å². The van der Waals surface area contributed by atoms with E-state index in [0.29, 0.717) is 0 Å². The molecule has 0 bridgehead atoms. The molecule has 0 aliphatic heterocycles. The van der Waals surface area contributed by atoms with E-state index < -0.39 is 0 Å². The largest absolute Gasteiger partial charge is 0.377 e. The van der Waals surface area contributed by atoms with Gasteiger partial charge in [0.1, 0.15) is 0 Å². The summed E-state index contributed by atoms with van der Waals surface area (Å²) in [5, 5.41) is 3.55. The number of nitrogens with one attached hydrogen (secondary N) is 1. The summed E-state index contributed by atoms with van der Waals surface area (Å²) in [7, 11) is 0. The van der Waals surface area contributed by atoms with Crippen LogP contribution in [0, 0.1) is 10.5 Å². The molecule has 2 aromatic rings. The van der Waals surface area contributed by atoms with E-state index in [1.807, 2.05) is 0 Å². The zero-order valence-electron chi connectivity index (χ0n) is 10.7. The summed E-state index contributed by atoms with van der Waals surface area (Å²) >= 11 is 9.56. The van der Waals surface area contributed by atoms with Crippen molar-refractivity contribution in [2.45, 2.75) is 19.9 Å². The van der Waals surface area contributed by atoms with Gasteiger partial charge in [0.2, 0.25) is 0 Å². The minimum absolute atomic E-state index is 0.257. The lowest BCUT2D eigenvalue weighted by molar-refractivity contribution is 0.881. The van der Waals surface area contributed by atoms with Crippen LogP contribution in [-0.2, 0) is 0 Å². The van der Waals surface area contributed by atoms with E-state index >= 15 is 0 Å². The van der Waals surface area contributed by atoms with Crippen LogP contribution in [0.15, 0.2) is 45.3 Å². The number of halogens is 3. The molecule has 100 valence electrons. The van der Waals surface area contributed by atoms with Crippen molar-refractivity contribution in [2.24, 2.45) is 0 Å². The second kappa shape index (κ2) is 6.59. The highest BCUT2D eigenvalue weighted by atomic mass is 127. The predicted octanol–water partition coefficient (Wildman–Crippen LogP) is 6.30. The van der Waals surface area contributed by atoms with Crippen LogP contribution < -0.4 is 5.32 Å². The summed E-state index contributed by atoms with van der Waals surface area (Å²) in [6.07, 6.45) is 0. The van der Waals surface area contributed by atoms with Gasteiger partial charge in [-0.3, -0.25) is 0 Å². The molecule has 1 unspecified atom stereocenters. The molecule has 0 fully saturated rings. The van der Waals surface area contributed by atoms with Crippen molar-refractivity contribution >= 4 is 60.1 Å². The van der Waals surface area contributed by atoms with Crippen LogP contribution in [-0.4, -0.2) is 0 Å². The summed E-state index contributed by atoms with van der Waals surface area (Å²) in [6.45, 7) is 4.25. The first-order valence-electron chi connectivity index (χ1n) is 5.95. The highest BCUT2D eigenvalue weighted by Gasteiger charge is 2.11. The Morgan fingerprint density at radius 2 is 1.58 bits per heavy atom. The zero-order chi connectivity index (χ0) is 14.0. The van der Waals surface area contributed by atoms with Crippen LogP contribution in [0.4, 0.5) is 5.69 Å². The lowest BCUT2D eigenvalue weighted by Crippen LogP contribution is -2.07. The molecular formula is C15H14Br2IN. The van der Waals surface area contributed by atoms with Crippen molar-refractivity contribution in [3.05, 3.63) is 60.0 Å².